The molecule has 1 aromatic carbocycles. The van der Waals surface area contributed by atoms with Crippen LogP contribution < -0.4 is 25.0 Å². The van der Waals surface area contributed by atoms with Crippen molar-refractivity contribution < 1.29 is 9.47 Å². The second-order valence-electron chi connectivity index (χ2n) is 9.66. The second kappa shape index (κ2) is 10.3. The van der Waals surface area contributed by atoms with Gasteiger partial charge in [-0.05, 0) is 64.1 Å². The third-order valence-corrected chi connectivity index (χ3v) is 7.17. The van der Waals surface area contributed by atoms with Crippen LogP contribution >= 0.6 is 0 Å². The van der Waals surface area contributed by atoms with Gasteiger partial charge in [0.2, 0.25) is 5.95 Å². The maximum absolute atomic E-state index is 6.32. The zero-order valence-corrected chi connectivity index (χ0v) is 20.0. The molecule has 0 saturated carbocycles. The maximum Gasteiger partial charge on any atom is 0.227 e. The Morgan fingerprint density at radius 2 is 1.70 bits per heavy atom. The quantitative estimate of drug-likeness (QED) is 0.610. The standard InChI is InChI=1S/C25H38N6O2/c1-32-22-16-20-21(17-23(22)33-15-7-11-29-9-2-3-10-29)27-25(30-12-4-5-13-30)28-24(20)31-14-6-8-19(26)18-31/h16-17,19H,2-15,18,26H2,1H3. The van der Waals surface area contributed by atoms with E-state index in [4.69, 9.17) is 25.2 Å². The first kappa shape index (κ1) is 22.5. The minimum Gasteiger partial charge on any atom is -0.493 e. The molecule has 0 amide bonds. The molecular formula is C25H38N6O2. The van der Waals surface area contributed by atoms with Crippen molar-refractivity contribution in [1.29, 1.82) is 0 Å². The molecule has 0 bridgehead atoms. The number of hydrogen-bond donors (Lipinski definition) is 1. The van der Waals surface area contributed by atoms with E-state index in [0.29, 0.717) is 6.61 Å². The zero-order valence-electron chi connectivity index (χ0n) is 20.0. The van der Waals surface area contributed by atoms with Crippen LogP contribution in [0.2, 0.25) is 0 Å². The molecule has 1 unspecified atom stereocenters. The average Bonchev–Trinajstić information content (AvgIpc) is 3.55. The Morgan fingerprint density at radius 3 is 2.45 bits per heavy atom. The number of anilines is 2. The predicted molar refractivity (Wildman–Crippen MR) is 133 cm³/mol. The van der Waals surface area contributed by atoms with E-state index < -0.39 is 0 Å². The summed E-state index contributed by atoms with van der Waals surface area (Å²) in [4.78, 5) is 17.2. The minimum atomic E-state index is 0.180. The van der Waals surface area contributed by atoms with Crippen molar-refractivity contribution in [3.63, 3.8) is 0 Å². The Morgan fingerprint density at radius 1 is 0.939 bits per heavy atom. The Hall–Kier alpha value is -2.32. The molecular weight excluding hydrogens is 416 g/mol. The highest BCUT2D eigenvalue weighted by Gasteiger charge is 2.25. The molecule has 8 heteroatoms. The van der Waals surface area contributed by atoms with Crippen molar-refractivity contribution >= 4 is 22.7 Å². The maximum atomic E-state index is 6.32. The number of nitrogens with two attached hydrogens (primary N) is 1. The van der Waals surface area contributed by atoms with Crippen molar-refractivity contribution in [2.75, 3.05) is 69.3 Å². The molecule has 3 fully saturated rings. The SMILES string of the molecule is COc1cc2c(N3CCCC(N)C3)nc(N3CCCC3)nc2cc1OCCCN1CCCC1. The van der Waals surface area contributed by atoms with Gasteiger partial charge < -0.3 is 29.9 Å². The lowest BCUT2D eigenvalue weighted by Crippen LogP contribution is -2.43. The van der Waals surface area contributed by atoms with Crippen LogP contribution in [0.25, 0.3) is 10.9 Å². The molecule has 1 aromatic heterocycles. The normalized spacial score (nSPS) is 21.8. The van der Waals surface area contributed by atoms with Crippen molar-refractivity contribution in [2.45, 2.75) is 51.0 Å². The van der Waals surface area contributed by atoms with Crippen LogP contribution in [0.15, 0.2) is 12.1 Å². The van der Waals surface area contributed by atoms with Crippen molar-refractivity contribution in [1.82, 2.24) is 14.9 Å². The molecule has 180 valence electrons. The lowest BCUT2D eigenvalue weighted by Gasteiger charge is -2.33. The molecule has 3 aliphatic heterocycles. The highest BCUT2D eigenvalue weighted by Crippen LogP contribution is 2.37. The predicted octanol–water partition coefficient (Wildman–Crippen LogP) is 3.03. The summed E-state index contributed by atoms with van der Waals surface area (Å²) >= 11 is 0. The molecule has 8 nitrogen and oxygen atoms in total. The number of methoxy groups -OCH3 is 1. The van der Waals surface area contributed by atoms with Crippen LogP contribution in [0.3, 0.4) is 0 Å². The van der Waals surface area contributed by atoms with Gasteiger partial charge in [0.1, 0.15) is 5.82 Å². The molecule has 5 rings (SSSR count). The monoisotopic (exact) mass is 454 g/mol. The smallest absolute Gasteiger partial charge is 0.227 e. The number of piperidine rings is 1. The van der Waals surface area contributed by atoms with Gasteiger partial charge in [-0.1, -0.05) is 0 Å². The molecule has 33 heavy (non-hydrogen) atoms. The van der Waals surface area contributed by atoms with E-state index in [1.54, 1.807) is 7.11 Å². The van der Waals surface area contributed by atoms with Crippen molar-refractivity contribution in [3.8, 4) is 11.5 Å². The van der Waals surface area contributed by atoms with Crippen LogP contribution in [0, 0.1) is 0 Å². The molecule has 0 spiro atoms. The Balaban J connectivity index is 1.43. The molecule has 1 atom stereocenters. The lowest BCUT2D eigenvalue weighted by molar-refractivity contribution is 0.254. The van der Waals surface area contributed by atoms with Crippen LogP contribution in [-0.2, 0) is 0 Å². The Kier molecular flexibility index (Phi) is 7.02. The van der Waals surface area contributed by atoms with Gasteiger partial charge in [-0.2, -0.15) is 4.98 Å². The van der Waals surface area contributed by atoms with Gasteiger partial charge in [0.05, 0.1) is 19.2 Å². The number of likely N-dealkylation sites (tertiary alicyclic amines) is 1. The molecule has 4 heterocycles. The summed E-state index contributed by atoms with van der Waals surface area (Å²) in [7, 11) is 1.70. The van der Waals surface area contributed by atoms with E-state index in [1.807, 2.05) is 12.1 Å². The number of fused-ring (bicyclic) bond motifs is 1. The van der Waals surface area contributed by atoms with E-state index >= 15 is 0 Å². The van der Waals surface area contributed by atoms with Gasteiger partial charge in [-0.15, -0.1) is 0 Å². The van der Waals surface area contributed by atoms with Crippen molar-refractivity contribution in [3.05, 3.63) is 12.1 Å². The second-order valence-corrected chi connectivity index (χ2v) is 9.66. The fourth-order valence-electron chi connectivity index (χ4n) is 5.36. The first-order valence-electron chi connectivity index (χ1n) is 12.7. The topological polar surface area (TPSA) is 80.0 Å². The first-order chi connectivity index (χ1) is 16.2. The molecule has 2 aromatic rings. The number of rotatable bonds is 8. The van der Waals surface area contributed by atoms with E-state index in [1.165, 1.54) is 38.8 Å². The molecule has 3 saturated heterocycles. The number of aromatic nitrogens is 2. The fourth-order valence-corrected chi connectivity index (χ4v) is 5.36. The highest BCUT2D eigenvalue weighted by molar-refractivity contribution is 5.93. The van der Waals surface area contributed by atoms with E-state index in [2.05, 4.69) is 14.7 Å². The van der Waals surface area contributed by atoms with Crippen LogP contribution in [0.5, 0.6) is 11.5 Å². The van der Waals surface area contributed by atoms with Gasteiger partial charge in [0.15, 0.2) is 11.5 Å². The van der Waals surface area contributed by atoms with Crippen LogP contribution in [0.4, 0.5) is 11.8 Å². The third kappa shape index (κ3) is 5.11. The van der Waals surface area contributed by atoms with E-state index in [9.17, 15) is 0 Å². The average molecular weight is 455 g/mol. The summed E-state index contributed by atoms with van der Waals surface area (Å²) in [5, 5.41) is 1.01. The minimum absolute atomic E-state index is 0.180. The number of nitrogens with zero attached hydrogens (tertiary/aromatic N) is 5. The van der Waals surface area contributed by atoms with Gasteiger partial charge in [0, 0.05) is 50.2 Å². The van der Waals surface area contributed by atoms with Gasteiger partial charge in [-0.25, -0.2) is 4.98 Å². The Labute approximate surface area is 197 Å². The number of benzene rings is 1. The van der Waals surface area contributed by atoms with Gasteiger partial charge in [0.25, 0.3) is 0 Å². The highest BCUT2D eigenvalue weighted by atomic mass is 16.5. The molecule has 0 aliphatic carbocycles. The largest absolute Gasteiger partial charge is 0.493 e. The number of ether oxygens (including phenoxy) is 2. The van der Waals surface area contributed by atoms with Crippen LogP contribution in [0.1, 0.15) is 44.9 Å². The molecule has 3 aliphatic rings. The van der Waals surface area contributed by atoms with Gasteiger partial charge >= 0.3 is 0 Å². The fraction of sp³-hybridized carbons (Fsp3) is 0.680. The summed E-state index contributed by atoms with van der Waals surface area (Å²) in [6, 6.07) is 4.27. The summed E-state index contributed by atoms with van der Waals surface area (Å²) in [6.07, 6.45) is 8.20. The lowest BCUT2D eigenvalue weighted by atomic mass is 10.1. The summed E-state index contributed by atoms with van der Waals surface area (Å²) < 4.78 is 11.9. The van der Waals surface area contributed by atoms with Crippen molar-refractivity contribution in [2.24, 2.45) is 5.73 Å². The summed E-state index contributed by atoms with van der Waals surface area (Å²) in [5.74, 6) is 3.29. The third-order valence-electron chi connectivity index (χ3n) is 7.17. The van der Waals surface area contributed by atoms with E-state index in [-0.39, 0.29) is 6.04 Å². The Bertz CT molecular complexity index is 942. The van der Waals surface area contributed by atoms with E-state index in [0.717, 1.165) is 86.2 Å². The summed E-state index contributed by atoms with van der Waals surface area (Å²) in [6.45, 7) is 8.03. The first-order valence-corrected chi connectivity index (χ1v) is 12.7. The zero-order chi connectivity index (χ0) is 22.6. The molecule has 2 N–H and O–H groups in total. The van der Waals surface area contributed by atoms with Gasteiger partial charge in [-0.3, -0.25) is 0 Å². The van der Waals surface area contributed by atoms with Crippen LogP contribution in [-0.4, -0.2) is 80.4 Å². The molecule has 0 radical (unpaired) electrons. The number of hydrogen-bond acceptors (Lipinski definition) is 8. The summed E-state index contributed by atoms with van der Waals surface area (Å²) in [5.41, 5.74) is 7.23.